The van der Waals surface area contributed by atoms with Crippen molar-refractivity contribution in [1.29, 1.82) is 0 Å². The predicted octanol–water partition coefficient (Wildman–Crippen LogP) is 3.16. The third-order valence-electron chi connectivity index (χ3n) is 4.12. The zero-order chi connectivity index (χ0) is 18.1. The fourth-order valence-corrected chi connectivity index (χ4v) is 2.27. The van der Waals surface area contributed by atoms with Crippen LogP contribution in [0, 0.1) is 0 Å². The van der Waals surface area contributed by atoms with Gasteiger partial charge in [-0.1, -0.05) is 26.0 Å². The molecule has 1 aromatic heterocycles. The summed E-state index contributed by atoms with van der Waals surface area (Å²) in [7, 11) is 1.74. The molecule has 6 heteroatoms. The molecule has 0 saturated carbocycles. The first-order valence-corrected chi connectivity index (χ1v) is 7.82. The number of amides is 1. The highest BCUT2D eigenvalue weighted by Gasteiger charge is 2.29. The smallest absolute Gasteiger partial charge is 0.313 e. The first-order chi connectivity index (χ1) is 11.1. The average Bonchev–Trinajstić information content (AvgIpc) is 2.90. The first kappa shape index (κ1) is 17.7. The summed E-state index contributed by atoms with van der Waals surface area (Å²) >= 11 is 0. The molecule has 2 aromatic rings. The SMILES string of the molecule is CC(C)c1cc(C(=O)Nc2ccc(C(C)(C)C(=O)O)cc2)n(C)n1. The van der Waals surface area contributed by atoms with Gasteiger partial charge in [-0.15, -0.1) is 0 Å². The number of rotatable bonds is 5. The number of anilines is 1. The van der Waals surface area contributed by atoms with E-state index in [9.17, 15) is 14.7 Å². The number of hydrogen-bond acceptors (Lipinski definition) is 3. The zero-order valence-corrected chi connectivity index (χ0v) is 14.6. The van der Waals surface area contributed by atoms with E-state index in [1.165, 1.54) is 0 Å². The number of hydrogen-bond donors (Lipinski definition) is 2. The van der Waals surface area contributed by atoms with Gasteiger partial charge in [0, 0.05) is 12.7 Å². The van der Waals surface area contributed by atoms with Crippen LogP contribution in [0.4, 0.5) is 5.69 Å². The van der Waals surface area contributed by atoms with E-state index in [4.69, 9.17) is 0 Å². The lowest BCUT2D eigenvalue weighted by Gasteiger charge is -2.19. The van der Waals surface area contributed by atoms with Gasteiger partial charge in [0.05, 0.1) is 11.1 Å². The number of nitrogens with zero attached hydrogens (tertiary/aromatic N) is 2. The van der Waals surface area contributed by atoms with Gasteiger partial charge >= 0.3 is 5.97 Å². The Morgan fingerprint density at radius 1 is 1.21 bits per heavy atom. The summed E-state index contributed by atoms with van der Waals surface area (Å²) in [4.78, 5) is 23.7. The van der Waals surface area contributed by atoms with Crippen LogP contribution in [0.5, 0.6) is 0 Å². The molecule has 0 atom stereocenters. The fraction of sp³-hybridized carbons (Fsp3) is 0.389. The van der Waals surface area contributed by atoms with Crippen molar-refractivity contribution < 1.29 is 14.7 Å². The lowest BCUT2D eigenvalue weighted by molar-refractivity contribution is -0.142. The molecule has 6 nitrogen and oxygen atoms in total. The molecule has 0 spiro atoms. The summed E-state index contributed by atoms with van der Waals surface area (Å²) in [6, 6.07) is 8.62. The summed E-state index contributed by atoms with van der Waals surface area (Å²) < 4.78 is 1.56. The summed E-state index contributed by atoms with van der Waals surface area (Å²) in [5, 5.41) is 16.4. The van der Waals surface area contributed by atoms with Gasteiger partial charge in [0.15, 0.2) is 0 Å². The molecular formula is C18H23N3O3. The Kier molecular flexibility index (Phi) is 4.78. The van der Waals surface area contributed by atoms with Crippen LogP contribution in [-0.4, -0.2) is 26.8 Å². The monoisotopic (exact) mass is 329 g/mol. The number of nitrogens with one attached hydrogen (secondary N) is 1. The van der Waals surface area contributed by atoms with Crippen LogP contribution in [0.3, 0.4) is 0 Å². The Hall–Kier alpha value is -2.63. The number of aliphatic carboxylic acids is 1. The number of carbonyl (C=O) groups is 2. The number of aromatic nitrogens is 2. The Balaban J connectivity index is 2.17. The van der Waals surface area contributed by atoms with Crippen LogP contribution in [-0.2, 0) is 17.3 Å². The van der Waals surface area contributed by atoms with E-state index in [1.807, 2.05) is 13.8 Å². The predicted molar refractivity (Wildman–Crippen MR) is 92.4 cm³/mol. The molecule has 128 valence electrons. The summed E-state index contributed by atoms with van der Waals surface area (Å²) in [5.74, 6) is -0.896. The number of benzene rings is 1. The number of aryl methyl sites for hydroxylation is 1. The molecule has 24 heavy (non-hydrogen) atoms. The van der Waals surface area contributed by atoms with Crippen molar-refractivity contribution in [3.8, 4) is 0 Å². The van der Waals surface area contributed by atoms with Gasteiger partial charge < -0.3 is 10.4 Å². The largest absolute Gasteiger partial charge is 0.481 e. The molecule has 2 rings (SSSR count). The molecule has 0 aliphatic heterocycles. The standard InChI is InChI=1S/C18H23N3O3/c1-11(2)14-10-15(21(5)20-14)16(22)19-13-8-6-12(7-9-13)18(3,4)17(23)24/h6-11H,1-5H3,(H,19,22)(H,23,24). The van der Waals surface area contributed by atoms with Gasteiger partial charge in [0.25, 0.3) is 5.91 Å². The summed E-state index contributed by atoms with van der Waals surface area (Å²) in [5.41, 5.74) is 1.65. The van der Waals surface area contributed by atoms with Crippen molar-refractivity contribution in [2.45, 2.75) is 39.0 Å². The van der Waals surface area contributed by atoms with Crippen LogP contribution in [0.15, 0.2) is 30.3 Å². The van der Waals surface area contributed by atoms with E-state index in [-0.39, 0.29) is 11.8 Å². The second kappa shape index (κ2) is 6.47. The highest BCUT2D eigenvalue weighted by Crippen LogP contribution is 2.25. The molecule has 0 radical (unpaired) electrons. The maximum Gasteiger partial charge on any atom is 0.313 e. The second-order valence-corrected chi connectivity index (χ2v) is 6.69. The summed E-state index contributed by atoms with van der Waals surface area (Å²) in [6.07, 6.45) is 0. The van der Waals surface area contributed by atoms with Crippen LogP contribution in [0.25, 0.3) is 0 Å². The molecule has 1 amide bonds. The van der Waals surface area contributed by atoms with Crippen molar-refractivity contribution >= 4 is 17.6 Å². The Morgan fingerprint density at radius 3 is 2.25 bits per heavy atom. The minimum Gasteiger partial charge on any atom is -0.481 e. The van der Waals surface area contributed by atoms with Crippen molar-refractivity contribution in [2.24, 2.45) is 7.05 Å². The van der Waals surface area contributed by atoms with Crippen LogP contribution < -0.4 is 5.32 Å². The third-order valence-corrected chi connectivity index (χ3v) is 4.12. The molecule has 0 bridgehead atoms. The number of carbonyl (C=O) groups excluding carboxylic acids is 1. The van der Waals surface area contributed by atoms with Gasteiger partial charge in [-0.2, -0.15) is 5.10 Å². The maximum atomic E-state index is 12.4. The van der Waals surface area contributed by atoms with Crippen LogP contribution in [0.2, 0.25) is 0 Å². The number of carboxylic acids is 1. The molecule has 1 heterocycles. The molecular weight excluding hydrogens is 306 g/mol. The maximum absolute atomic E-state index is 12.4. The minimum atomic E-state index is -0.975. The third kappa shape index (κ3) is 3.48. The van der Waals surface area contributed by atoms with Gasteiger partial charge in [-0.25, -0.2) is 0 Å². The zero-order valence-electron chi connectivity index (χ0n) is 14.6. The fourth-order valence-electron chi connectivity index (χ4n) is 2.27. The average molecular weight is 329 g/mol. The topological polar surface area (TPSA) is 84.2 Å². The van der Waals surface area contributed by atoms with E-state index < -0.39 is 11.4 Å². The molecule has 0 aliphatic rings. The van der Waals surface area contributed by atoms with Crippen molar-refractivity contribution in [3.05, 3.63) is 47.3 Å². The molecule has 2 N–H and O–H groups in total. The van der Waals surface area contributed by atoms with Gasteiger partial charge in [0.1, 0.15) is 5.69 Å². The molecule has 0 fully saturated rings. The molecule has 1 aromatic carbocycles. The van der Waals surface area contributed by atoms with E-state index in [0.29, 0.717) is 16.9 Å². The van der Waals surface area contributed by atoms with E-state index in [1.54, 1.807) is 55.9 Å². The van der Waals surface area contributed by atoms with Crippen molar-refractivity contribution in [2.75, 3.05) is 5.32 Å². The molecule has 0 saturated heterocycles. The Labute approximate surface area is 141 Å². The van der Waals surface area contributed by atoms with E-state index in [0.717, 1.165) is 5.69 Å². The lowest BCUT2D eigenvalue weighted by Crippen LogP contribution is -2.28. The van der Waals surface area contributed by atoms with Gasteiger partial charge in [-0.05, 0) is 43.5 Å². The Morgan fingerprint density at radius 2 is 1.79 bits per heavy atom. The van der Waals surface area contributed by atoms with Crippen LogP contribution >= 0.6 is 0 Å². The lowest BCUT2D eigenvalue weighted by atomic mass is 9.85. The van der Waals surface area contributed by atoms with Crippen molar-refractivity contribution in [1.82, 2.24) is 9.78 Å². The van der Waals surface area contributed by atoms with Gasteiger partial charge in [0.2, 0.25) is 0 Å². The Bertz CT molecular complexity index is 758. The highest BCUT2D eigenvalue weighted by molar-refractivity contribution is 6.03. The minimum absolute atomic E-state index is 0.246. The van der Waals surface area contributed by atoms with Crippen LogP contribution in [0.1, 0.15) is 55.4 Å². The number of carboxylic acid groups (broad SMARTS) is 1. The summed E-state index contributed by atoms with van der Waals surface area (Å²) in [6.45, 7) is 7.33. The van der Waals surface area contributed by atoms with E-state index >= 15 is 0 Å². The molecule has 0 unspecified atom stereocenters. The normalized spacial score (nSPS) is 11.6. The second-order valence-electron chi connectivity index (χ2n) is 6.69. The highest BCUT2D eigenvalue weighted by atomic mass is 16.4. The quantitative estimate of drug-likeness (QED) is 0.882. The van der Waals surface area contributed by atoms with E-state index in [2.05, 4.69) is 10.4 Å². The molecule has 0 aliphatic carbocycles. The van der Waals surface area contributed by atoms with Gasteiger partial charge in [-0.3, -0.25) is 14.3 Å². The van der Waals surface area contributed by atoms with Crippen molar-refractivity contribution in [3.63, 3.8) is 0 Å². The first-order valence-electron chi connectivity index (χ1n) is 7.82.